The number of halogens is 1. The number of benzene rings is 1. The summed E-state index contributed by atoms with van der Waals surface area (Å²) in [6.07, 6.45) is 0.456. The molecule has 5 nitrogen and oxygen atoms in total. The van der Waals surface area contributed by atoms with E-state index in [1.165, 1.54) is 0 Å². The van der Waals surface area contributed by atoms with E-state index in [1.54, 1.807) is 4.90 Å². The number of nitrogens with one attached hydrogen (secondary N) is 1. The van der Waals surface area contributed by atoms with Crippen LogP contribution in [0.1, 0.15) is 43.6 Å². The highest BCUT2D eigenvalue weighted by molar-refractivity contribution is 9.10. The van der Waals surface area contributed by atoms with Crippen LogP contribution in [0.3, 0.4) is 0 Å². The molecule has 1 N–H and O–H groups in total. The number of amides is 2. The molecular formula is C17H23BrN2O3. The smallest absolute Gasteiger partial charge is 0.410 e. The largest absolute Gasteiger partial charge is 0.444 e. The summed E-state index contributed by atoms with van der Waals surface area (Å²) >= 11 is 3.42. The number of hydrogen-bond acceptors (Lipinski definition) is 3. The van der Waals surface area contributed by atoms with E-state index in [-0.39, 0.29) is 18.0 Å². The van der Waals surface area contributed by atoms with E-state index in [1.807, 2.05) is 45.9 Å². The summed E-state index contributed by atoms with van der Waals surface area (Å²) in [6.45, 7) is 8.50. The number of carbonyl (C=O) groups is 2. The number of likely N-dealkylation sites (tertiary alicyclic amines) is 1. The lowest BCUT2D eigenvalue weighted by Gasteiger charge is -2.40. The Morgan fingerprint density at radius 3 is 2.57 bits per heavy atom. The molecule has 2 rings (SSSR count). The van der Waals surface area contributed by atoms with Crippen LogP contribution in [0, 0.1) is 0 Å². The Morgan fingerprint density at radius 2 is 2.00 bits per heavy atom. The van der Waals surface area contributed by atoms with Gasteiger partial charge in [-0.3, -0.25) is 4.79 Å². The highest BCUT2D eigenvalue weighted by Crippen LogP contribution is 2.19. The third-order valence-corrected chi connectivity index (χ3v) is 4.05. The van der Waals surface area contributed by atoms with Crippen LogP contribution in [0.5, 0.6) is 0 Å². The maximum atomic E-state index is 12.4. The van der Waals surface area contributed by atoms with E-state index < -0.39 is 5.60 Å². The molecule has 0 radical (unpaired) electrons. The molecule has 1 aliphatic rings. The Bertz CT molecular complexity index is 604. The summed E-state index contributed by atoms with van der Waals surface area (Å²) in [5, 5.41) is 2.97. The first-order valence-corrected chi connectivity index (χ1v) is 8.56. The molecule has 6 heteroatoms. The second-order valence-corrected chi connectivity index (χ2v) is 7.63. The molecule has 0 atom stereocenters. The van der Waals surface area contributed by atoms with Gasteiger partial charge in [-0.1, -0.05) is 22.9 Å². The van der Waals surface area contributed by atoms with Crippen LogP contribution in [0.15, 0.2) is 22.7 Å². The summed E-state index contributed by atoms with van der Waals surface area (Å²) < 4.78 is 6.26. The van der Waals surface area contributed by atoms with Crippen LogP contribution in [0.4, 0.5) is 4.79 Å². The number of nitrogens with zero attached hydrogens (tertiary/aromatic N) is 1. The van der Waals surface area contributed by atoms with Gasteiger partial charge in [0.25, 0.3) is 5.91 Å². The van der Waals surface area contributed by atoms with Crippen molar-refractivity contribution in [2.24, 2.45) is 0 Å². The van der Waals surface area contributed by atoms with Crippen molar-refractivity contribution >= 4 is 27.9 Å². The molecule has 126 valence electrons. The SMILES string of the molecule is CCc1cc(Br)ccc1C(=O)NC1CN(C(=O)OC(C)(C)C)C1. The minimum absolute atomic E-state index is 0.0247. The minimum Gasteiger partial charge on any atom is -0.444 e. The van der Waals surface area contributed by atoms with E-state index in [4.69, 9.17) is 4.74 Å². The molecule has 2 amide bonds. The number of carbonyl (C=O) groups excluding carboxylic acids is 2. The Kier molecular flexibility index (Phi) is 5.34. The van der Waals surface area contributed by atoms with E-state index in [0.29, 0.717) is 18.7 Å². The molecule has 1 fully saturated rings. The fourth-order valence-electron chi connectivity index (χ4n) is 2.38. The van der Waals surface area contributed by atoms with Gasteiger partial charge < -0.3 is 15.0 Å². The summed E-state index contributed by atoms with van der Waals surface area (Å²) in [7, 11) is 0. The van der Waals surface area contributed by atoms with Gasteiger partial charge in [0.1, 0.15) is 5.60 Å². The summed E-state index contributed by atoms with van der Waals surface area (Å²) in [6, 6.07) is 5.62. The highest BCUT2D eigenvalue weighted by Gasteiger charge is 2.34. The molecule has 1 heterocycles. The van der Waals surface area contributed by atoms with Gasteiger partial charge in [-0.25, -0.2) is 4.79 Å². The van der Waals surface area contributed by atoms with Gasteiger partial charge in [0.05, 0.1) is 6.04 Å². The van der Waals surface area contributed by atoms with Gasteiger partial charge in [0.15, 0.2) is 0 Å². The topological polar surface area (TPSA) is 58.6 Å². The zero-order valence-corrected chi connectivity index (χ0v) is 15.6. The predicted octanol–water partition coefficient (Wildman–Crippen LogP) is 3.36. The molecule has 0 aromatic heterocycles. The van der Waals surface area contributed by atoms with E-state index in [2.05, 4.69) is 21.2 Å². The van der Waals surface area contributed by atoms with Crippen LogP contribution >= 0.6 is 15.9 Å². The molecule has 1 aliphatic heterocycles. The second kappa shape index (κ2) is 6.91. The molecular weight excluding hydrogens is 360 g/mol. The molecule has 1 aromatic carbocycles. The van der Waals surface area contributed by atoms with Crippen molar-refractivity contribution < 1.29 is 14.3 Å². The minimum atomic E-state index is -0.501. The first-order valence-electron chi connectivity index (χ1n) is 7.77. The normalized spacial score (nSPS) is 15.1. The maximum absolute atomic E-state index is 12.4. The second-order valence-electron chi connectivity index (χ2n) is 6.71. The third-order valence-electron chi connectivity index (χ3n) is 3.56. The first-order chi connectivity index (χ1) is 10.7. The summed E-state index contributed by atoms with van der Waals surface area (Å²) in [5.74, 6) is -0.0943. The van der Waals surface area contributed by atoms with Gasteiger partial charge in [-0.15, -0.1) is 0 Å². The summed E-state index contributed by atoms with van der Waals surface area (Å²) in [4.78, 5) is 25.8. The van der Waals surface area contributed by atoms with E-state index in [0.717, 1.165) is 16.5 Å². The Labute approximate surface area is 145 Å². The Balaban J connectivity index is 1.88. The average Bonchev–Trinajstić information content (AvgIpc) is 2.39. The standard InChI is InChI=1S/C17H23BrN2O3/c1-5-11-8-12(18)6-7-14(11)15(21)19-13-9-20(10-13)16(22)23-17(2,3)4/h6-8,13H,5,9-10H2,1-4H3,(H,19,21). The molecule has 23 heavy (non-hydrogen) atoms. The fraction of sp³-hybridized carbons (Fsp3) is 0.529. The van der Waals surface area contributed by atoms with Crippen molar-refractivity contribution in [3.63, 3.8) is 0 Å². The molecule has 0 unspecified atom stereocenters. The number of aryl methyl sites for hydroxylation is 1. The van der Waals surface area contributed by atoms with Gasteiger partial charge >= 0.3 is 6.09 Å². The van der Waals surface area contributed by atoms with Crippen molar-refractivity contribution in [2.45, 2.75) is 45.8 Å². The number of hydrogen-bond donors (Lipinski definition) is 1. The first kappa shape index (κ1) is 17.8. The monoisotopic (exact) mass is 382 g/mol. The quantitative estimate of drug-likeness (QED) is 0.871. The third kappa shape index (κ3) is 4.70. The predicted molar refractivity (Wildman–Crippen MR) is 92.6 cm³/mol. The Morgan fingerprint density at radius 1 is 1.35 bits per heavy atom. The van der Waals surface area contributed by atoms with E-state index in [9.17, 15) is 9.59 Å². The molecule has 0 aliphatic carbocycles. The lowest BCUT2D eigenvalue weighted by molar-refractivity contribution is 0.00532. The number of ether oxygens (including phenoxy) is 1. The van der Waals surface area contributed by atoms with Crippen molar-refractivity contribution in [1.82, 2.24) is 10.2 Å². The highest BCUT2D eigenvalue weighted by atomic mass is 79.9. The zero-order chi connectivity index (χ0) is 17.2. The lowest BCUT2D eigenvalue weighted by Crippen LogP contribution is -2.61. The molecule has 0 saturated carbocycles. The van der Waals surface area contributed by atoms with Crippen LogP contribution in [-0.2, 0) is 11.2 Å². The van der Waals surface area contributed by atoms with Crippen LogP contribution in [0.2, 0.25) is 0 Å². The molecule has 1 aromatic rings. The lowest BCUT2D eigenvalue weighted by atomic mass is 10.0. The van der Waals surface area contributed by atoms with Gasteiger partial charge in [-0.2, -0.15) is 0 Å². The fourth-order valence-corrected chi connectivity index (χ4v) is 2.79. The van der Waals surface area contributed by atoms with Crippen LogP contribution < -0.4 is 5.32 Å². The van der Waals surface area contributed by atoms with Crippen LogP contribution in [0.25, 0.3) is 0 Å². The van der Waals surface area contributed by atoms with Gasteiger partial charge in [0.2, 0.25) is 0 Å². The van der Waals surface area contributed by atoms with E-state index >= 15 is 0 Å². The zero-order valence-electron chi connectivity index (χ0n) is 14.0. The van der Waals surface area contributed by atoms with Crippen molar-refractivity contribution in [1.29, 1.82) is 0 Å². The number of rotatable bonds is 3. The van der Waals surface area contributed by atoms with Gasteiger partial charge in [0, 0.05) is 23.1 Å². The summed E-state index contributed by atoms with van der Waals surface area (Å²) in [5.41, 5.74) is 1.19. The van der Waals surface area contributed by atoms with Crippen LogP contribution in [-0.4, -0.2) is 41.6 Å². The molecule has 0 spiro atoms. The molecule has 0 bridgehead atoms. The molecule has 1 saturated heterocycles. The average molecular weight is 383 g/mol. The Hall–Kier alpha value is -1.56. The van der Waals surface area contributed by atoms with Gasteiger partial charge in [-0.05, 0) is 51.0 Å². The maximum Gasteiger partial charge on any atom is 0.410 e. The van der Waals surface area contributed by atoms with Crippen molar-refractivity contribution in [3.8, 4) is 0 Å². The van der Waals surface area contributed by atoms with Crippen molar-refractivity contribution in [2.75, 3.05) is 13.1 Å². The van der Waals surface area contributed by atoms with Crippen molar-refractivity contribution in [3.05, 3.63) is 33.8 Å².